The van der Waals surface area contributed by atoms with Gasteiger partial charge in [0.15, 0.2) is 0 Å². The number of carbonyl (C=O) groups is 2. The Morgan fingerprint density at radius 3 is 2.56 bits per heavy atom. The van der Waals surface area contributed by atoms with Gasteiger partial charge in [-0.05, 0) is 51.5 Å². The van der Waals surface area contributed by atoms with E-state index in [2.05, 4.69) is 22.2 Å². The maximum absolute atomic E-state index is 12.8. The van der Waals surface area contributed by atoms with Crippen LogP contribution in [0.4, 0.5) is 17.5 Å². The number of carbonyl (C=O) groups excluding carboxylic acids is 2. The normalized spacial score (nSPS) is 16.5. The van der Waals surface area contributed by atoms with Crippen LogP contribution >= 0.6 is 0 Å². The van der Waals surface area contributed by atoms with E-state index in [1.807, 2.05) is 20.8 Å². The minimum Gasteiger partial charge on any atom is -0.324 e. The highest BCUT2D eigenvalue weighted by Gasteiger charge is 2.46. The van der Waals surface area contributed by atoms with Gasteiger partial charge < -0.3 is 5.32 Å². The smallest absolute Gasteiger partial charge is 0.238 e. The van der Waals surface area contributed by atoms with Crippen LogP contribution in [-0.2, 0) is 10.2 Å². The van der Waals surface area contributed by atoms with E-state index < -0.39 is 5.41 Å². The Labute approximate surface area is 147 Å². The van der Waals surface area contributed by atoms with E-state index in [0.717, 1.165) is 24.0 Å². The first-order valence-corrected chi connectivity index (χ1v) is 8.42. The van der Waals surface area contributed by atoms with Gasteiger partial charge in [0, 0.05) is 29.1 Å². The number of nitrogens with one attached hydrogen (secondary N) is 1. The Kier molecular flexibility index (Phi) is 4.29. The van der Waals surface area contributed by atoms with Crippen LogP contribution < -0.4 is 10.2 Å². The zero-order valence-corrected chi connectivity index (χ0v) is 14.9. The molecule has 0 radical (unpaired) electrons. The number of hydrogen-bond donors (Lipinski definition) is 1. The number of fused-ring (bicyclic) bond motifs is 1. The number of rotatable bonds is 5. The van der Waals surface area contributed by atoms with E-state index in [-0.39, 0.29) is 11.9 Å². The summed E-state index contributed by atoms with van der Waals surface area (Å²) < 4.78 is 0. The average Bonchev–Trinajstić information content (AvgIpc) is 2.81. The molecule has 2 aromatic rings. The van der Waals surface area contributed by atoms with Crippen molar-refractivity contribution in [3.05, 3.63) is 41.6 Å². The van der Waals surface area contributed by atoms with Gasteiger partial charge >= 0.3 is 0 Å². The summed E-state index contributed by atoms with van der Waals surface area (Å²) in [5.74, 6) is 1.15. The lowest BCUT2D eigenvalue weighted by atomic mass is 9.88. The Morgan fingerprint density at radius 1 is 1.28 bits per heavy atom. The summed E-state index contributed by atoms with van der Waals surface area (Å²) in [6.45, 7) is 7.89. The molecule has 0 saturated heterocycles. The third kappa shape index (κ3) is 2.88. The molecule has 0 fully saturated rings. The molecule has 6 nitrogen and oxygen atoms in total. The zero-order chi connectivity index (χ0) is 18.2. The molecule has 0 unspecified atom stereocenters. The summed E-state index contributed by atoms with van der Waals surface area (Å²) in [5.41, 5.74) is 1.61. The van der Waals surface area contributed by atoms with Gasteiger partial charge in [-0.1, -0.05) is 6.92 Å². The fourth-order valence-electron chi connectivity index (χ4n) is 2.94. The molecule has 0 saturated carbocycles. The summed E-state index contributed by atoms with van der Waals surface area (Å²) in [4.78, 5) is 34.3. The molecule has 3 rings (SSSR count). The van der Waals surface area contributed by atoms with Gasteiger partial charge in [0.25, 0.3) is 0 Å². The van der Waals surface area contributed by atoms with E-state index in [1.165, 1.54) is 0 Å². The number of hydrogen-bond acceptors (Lipinski definition) is 5. The number of nitrogens with zero attached hydrogens (tertiary/aromatic N) is 3. The highest BCUT2D eigenvalue weighted by atomic mass is 16.2. The fraction of sp³-hybridized carbons (Fsp3) is 0.368. The molecule has 2 heterocycles. The maximum Gasteiger partial charge on any atom is 0.238 e. The van der Waals surface area contributed by atoms with Crippen LogP contribution in [0.2, 0.25) is 0 Å². The van der Waals surface area contributed by atoms with Crippen LogP contribution in [0.15, 0.2) is 30.5 Å². The van der Waals surface area contributed by atoms with Crippen molar-refractivity contribution in [1.29, 1.82) is 0 Å². The van der Waals surface area contributed by atoms with Crippen LogP contribution in [0, 0.1) is 0 Å². The average molecular weight is 338 g/mol. The van der Waals surface area contributed by atoms with Crippen molar-refractivity contribution in [2.45, 2.75) is 45.6 Å². The number of amides is 1. The van der Waals surface area contributed by atoms with Crippen LogP contribution in [0.5, 0.6) is 0 Å². The summed E-state index contributed by atoms with van der Waals surface area (Å²) in [6.07, 6.45) is 3.37. The molecule has 1 aliphatic heterocycles. The fourth-order valence-corrected chi connectivity index (χ4v) is 2.94. The Bertz CT molecular complexity index is 815. The van der Waals surface area contributed by atoms with E-state index in [1.54, 1.807) is 35.4 Å². The molecule has 25 heavy (non-hydrogen) atoms. The Hall–Kier alpha value is -2.76. The molecular formula is C19H22N4O2. The van der Waals surface area contributed by atoms with Crippen molar-refractivity contribution in [2.24, 2.45) is 0 Å². The van der Waals surface area contributed by atoms with Gasteiger partial charge in [-0.25, -0.2) is 4.98 Å². The molecule has 1 aromatic carbocycles. The topological polar surface area (TPSA) is 75.2 Å². The van der Waals surface area contributed by atoms with Crippen molar-refractivity contribution >= 4 is 29.6 Å². The Balaban J connectivity index is 1.96. The first-order valence-electron chi connectivity index (χ1n) is 8.42. The van der Waals surface area contributed by atoms with E-state index in [9.17, 15) is 9.59 Å². The monoisotopic (exact) mass is 338 g/mol. The van der Waals surface area contributed by atoms with E-state index in [0.29, 0.717) is 17.3 Å². The maximum atomic E-state index is 12.8. The molecular weight excluding hydrogens is 316 g/mol. The number of aromatic nitrogens is 2. The van der Waals surface area contributed by atoms with Gasteiger partial charge in [-0.15, -0.1) is 0 Å². The van der Waals surface area contributed by atoms with Crippen molar-refractivity contribution < 1.29 is 9.59 Å². The molecule has 1 atom stereocenters. The lowest BCUT2D eigenvalue weighted by Gasteiger charge is -2.25. The van der Waals surface area contributed by atoms with Crippen LogP contribution in [0.3, 0.4) is 0 Å². The lowest BCUT2D eigenvalue weighted by molar-refractivity contribution is -0.122. The molecule has 1 N–H and O–H groups in total. The summed E-state index contributed by atoms with van der Waals surface area (Å²) >= 11 is 0. The van der Waals surface area contributed by atoms with Gasteiger partial charge in [0.2, 0.25) is 11.9 Å². The third-order valence-electron chi connectivity index (χ3n) is 4.76. The molecule has 1 aromatic heterocycles. The minimum atomic E-state index is -0.622. The van der Waals surface area contributed by atoms with E-state index >= 15 is 0 Å². The summed E-state index contributed by atoms with van der Waals surface area (Å²) in [5, 5.41) is 3.13. The second kappa shape index (κ2) is 6.27. The van der Waals surface area contributed by atoms with Crippen LogP contribution in [0.1, 0.15) is 50.0 Å². The van der Waals surface area contributed by atoms with Crippen molar-refractivity contribution in [1.82, 2.24) is 9.97 Å². The SMILES string of the molecule is CC[C@H](C)N1C(=O)C(C)(C)c2cnc(Nc3ccc(C=O)cc3)nc21. The molecule has 0 aliphatic carbocycles. The number of benzene rings is 1. The quantitative estimate of drug-likeness (QED) is 0.845. The first-order chi connectivity index (χ1) is 11.9. The van der Waals surface area contributed by atoms with Crippen molar-refractivity contribution in [3.63, 3.8) is 0 Å². The highest BCUT2D eigenvalue weighted by molar-refractivity contribution is 6.07. The van der Waals surface area contributed by atoms with Crippen LogP contribution in [-0.4, -0.2) is 28.2 Å². The molecule has 0 bridgehead atoms. The van der Waals surface area contributed by atoms with Crippen molar-refractivity contribution in [3.8, 4) is 0 Å². The van der Waals surface area contributed by atoms with Gasteiger partial charge in [-0.3, -0.25) is 14.5 Å². The molecule has 0 spiro atoms. The number of anilines is 3. The predicted octanol–water partition coefficient (Wildman–Crippen LogP) is 3.46. The first kappa shape index (κ1) is 17.1. The third-order valence-corrected chi connectivity index (χ3v) is 4.76. The van der Waals surface area contributed by atoms with Gasteiger partial charge in [0.05, 0.1) is 5.41 Å². The highest BCUT2D eigenvalue weighted by Crippen LogP contribution is 2.41. The Morgan fingerprint density at radius 2 is 1.96 bits per heavy atom. The lowest BCUT2D eigenvalue weighted by Crippen LogP contribution is -2.41. The number of aldehydes is 1. The second-order valence-electron chi connectivity index (χ2n) is 6.85. The molecule has 6 heteroatoms. The summed E-state index contributed by atoms with van der Waals surface area (Å²) in [6, 6.07) is 7.10. The largest absolute Gasteiger partial charge is 0.324 e. The second-order valence-corrected chi connectivity index (χ2v) is 6.85. The zero-order valence-electron chi connectivity index (χ0n) is 14.9. The molecule has 130 valence electrons. The van der Waals surface area contributed by atoms with Gasteiger partial charge in [0.1, 0.15) is 12.1 Å². The summed E-state index contributed by atoms with van der Waals surface area (Å²) in [7, 11) is 0. The van der Waals surface area contributed by atoms with Crippen LogP contribution in [0.25, 0.3) is 0 Å². The van der Waals surface area contributed by atoms with E-state index in [4.69, 9.17) is 0 Å². The minimum absolute atomic E-state index is 0.0543. The predicted molar refractivity (Wildman–Crippen MR) is 97.4 cm³/mol. The molecule has 1 aliphatic rings. The standard InChI is InChI=1S/C19H22N4O2/c1-5-12(2)23-16-15(19(3,4)17(23)25)10-20-18(22-16)21-14-8-6-13(11-24)7-9-14/h6-12H,5H2,1-4H3,(H,20,21,22)/t12-/m0/s1. The van der Waals surface area contributed by atoms with Gasteiger partial charge in [-0.2, -0.15) is 4.98 Å². The van der Waals surface area contributed by atoms with Crippen molar-refractivity contribution in [2.75, 3.05) is 10.2 Å². The molecule has 1 amide bonds.